The lowest BCUT2D eigenvalue weighted by Gasteiger charge is -2.33. The Labute approximate surface area is 193 Å². The van der Waals surface area contributed by atoms with Crippen molar-refractivity contribution in [1.82, 2.24) is 4.90 Å². The number of rotatable bonds is 7. The normalized spacial score (nSPS) is 19.0. The van der Waals surface area contributed by atoms with Crippen molar-refractivity contribution in [3.63, 3.8) is 0 Å². The number of methoxy groups -OCH3 is 2. The maximum absolute atomic E-state index is 13.4. The van der Waals surface area contributed by atoms with Gasteiger partial charge in [0.1, 0.15) is 17.5 Å². The van der Waals surface area contributed by atoms with Gasteiger partial charge in [-0.15, -0.1) is 0 Å². The summed E-state index contributed by atoms with van der Waals surface area (Å²) in [5.41, 5.74) is 1.08. The molecule has 2 fully saturated rings. The van der Waals surface area contributed by atoms with E-state index in [0.29, 0.717) is 22.9 Å². The lowest BCUT2D eigenvalue weighted by Crippen LogP contribution is -2.45. The smallest absolute Gasteiger partial charge is 0.332 e. The van der Waals surface area contributed by atoms with Crippen molar-refractivity contribution >= 4 is 29.2 Å². The summed E-state index contributed by atoms with van der Waals surface area (Å²) >= 11 is 0. The van der Waals surface area contributed by atoms with Crippen LogP contribution in [0.5, 0.6) is 11.5 Å². The topological polar surface area (TPSA) is 88.2 Å². The summed E-state index contributed by atoms with van der Waals surface area (Å²) in [6.45, 7) is 0. The van der Waals surface area contributed by atoms with Crippen molar-refractivity contribution in [3.05, 3.63) is 48.5 Å². The molecular weight excluding hydrogens is 422 g/mol. The highest BCUT2D eigenvalue weighted by molar-refractivity contribution is 6.22. The monoisotopic (exact) mass is 451 g/mol. The molecule has 2 aliphatic rings. The van der Waals surface area contributed by atoms with Gasteiger partial charge in [0, 0.05) is 11.7 Å². The van der Waals surface area contributed by atoms with Crippen molar-refractivity contribution in [1.29, 1.82) is 0 Å². The van der Waals surface area contributed by atoms with E-state index in [0.717, 1.165) is 32.1 Å². The van der Waals surface area contributed by atoms with Gasteiger partial charge in [-0.1, -0.05) is 19.3 Å². The van der Waals surface area contributed by atoms with Crippen LogP contribution in [-0.4, -0.2) is 49.0 Å². The van der Waals surface area contributed by atoms with Crippen LogP contribution in [0.1, 0.15) is 38.5 Å². The molecule has 2 aromatic carbocycles. The first-order valence-corrected chi connectivity index (χ1v) is 11.3. The summed E-state index contributed by atoms with van der Waals surface area (Å²) in [5, 5.41) is 2.83. The first-order chi connectivity index (χ1) is 16.0. The SMILES string of the molecule is COc1ccc(NC(=O)C[C@H]2C(=O)N(c3ccc(OC)cc3)C(=O)N2C2CCCCC2)cc1. The second kappa shape index (κ2) is 9.94. The highest BCUT2D eigenvalue weighted by atomic mass is 16.5. The number of carbonyl (C=O) groups is 3. The van der Waals surface area contributed by atoms with Crippen LogP contribution in [0.15, 0.2) is 48.5 Å². The Hall–Kier alpha value is -3.55. The number of hydrogen-bond donors (Lipinski definition) is 1. The van der Waals surface area contributed by atoms with E-state index < -0.39 is 6.04 Å². The van der Waals surface area contributed by atoms with Gasteiger partial charge in [-0.2, -0.15) is 0 Å². The maximum atomic E-state index is 13.4. The summed E-state index contributed by atoms with van der Waals surface area (Å²) < 4.78 is 10.3. The molecule has 2 aromatic rings. The molecule has 8 heteroatoms. The van der Waals surface area contributed by atoms with Crippen molar-refractivity contribution in [2.45, 2.75) is 50.6 Å². The predicted molar refractivity (Wildman–Crippen MR) is 125 cm³/mol. The zero-order valence-corrected chi connectivity index (χ0v) is 19.0. The van der Waals surface area contributed by atoms with Gasteiger partial charge in [0.25, 0.3) is 5.91 Å². The number of nitrogens with one attached hydrogen (secondary N) is 1. The number of amides is 4. The van der Waals surface area contributed by atoms with Crippen LogP contribution in [0.4, 0.5) is 16.2 Å². The summed E-state index contributed by atoms with van der Waals surface area (Å²) in [5.74, 6) is 0.630. The van der Waals surface area contributed by atoms with E-state index in [1.165, 1.54) is 4.90 Å². The van der Waals surface area contributed by atoms with Gasteiger partial charge < -0.3 is 19.7 Å². The van der Waals surface area contributed by atoms with E-state index >= 15 is 0 Å². The lowest BCUT2D eigenvalue weighted by molar-refractivity contribution is -0.125. The quantitative estimate of drug-likeness (QED) is 0.638. The standard InChI is InChI=1S/C25H29N3O5/c1-32-20-12-8-17(9-13-20)26-23(29)16-22-24(30)28(19-10-14-21(33-2)15-11-19)25(31)27(22)18-6-4-3-5-7-18/h8-15,18,22H,3-7,16H2,1-2H3,(H,26,29)/t22-/m0/s1. The molecule has 0 radical (unpaired) electrons. The fourth-order valence-electron chi connectivity index (χ4n) is 4.60. The van der Waals surface area contributed by atoms with Gasteiger partial charge in [0.2, 0.25) is 5.91 Å². The third-order valence-corrected chi connectivity index (χ3v) is 6.30. The molecule has 1 saturated carbocycles. The maximum Gasteiger partial charge on any atom is 0.332 e. The summed E-state index contributed by atoms with van der Waals surface area (Å²) in [6, 6.07) is 12.5. The molecule has 33 heavy (non-hydrogen) atoms. The average Bonchev–Trinajstić information content (AvgIpc) is 3.09. The minimum absolute atomic E-state index is 0.0442. The highest BCUT2D eigenvalue weighted by Gasteiger charge is 2.49. The highest BCUT2D eigenvalue weighted by Crippen LogP contribution is 2.34. The van der Waals surface area contributed by atoms with E-state index in [4.69, 9.17) is 9.47 Å². The zero-order chi connectivity index (χ0) is 23.4. The van der Waals surface area contributed by atoms with Crippen LogP contribution >= 0.6 is 0 Å². The number of imide groups is 1. The minimum atomic E-state index is -0.832. The molecule has 1 heterocycles. The molecule has 8 nitrogen and oxygen atoms in total. The number of carbonyl (C=O) groups excluding carboxylic acids is 3. The van der Waals surface area contributed by atoms with E-state index in [1.54, 1.807) is 67.7 Å². The Morgan fingerprint density at radius 2 is 1.48 bits per heavy atom. The number of anilines is 2. The first kappa shape index (κ1) is 22.6. The molecule has 4 amide bonds. The van der Waals surface area contributed by atoms with Gasteiger partial charge in [-0.3, -0.25) is 9.59 Å². The molecule has 1 aliphatic heterocycles. The fraction of sp³-hybridized carbons (Fsp3) is 0.400. The van der Waals surface area contributed by atoms with E-state index in [1.807, 2.05) is 0 Å². The summed E-state index contributed by atoms with van der Waals surface area (Å²) in [6.07, 6.45) is 4.72. The molecule has 1 N–H and O–H groups in total. The third-order valence-electron chi connectivity index (χ3n) is 6.30. The van der Waals surface area contributed by atoms with Gasteiger partial charge in [0.05, 0.1) is 26.3 Å². The van der Waals surface area contributed by atoms with Gasteiger partial charge in [-0.25, -0.2) is 9.69 Å². The number of urea groups is 1. The lowest BCUT2D eigenvalue weighted by atomic mass is 9.93. The largest absolute Gasteiger partial charge is 0.497 e. The Morgan fingerprint density at radius 1 is 0.909 bits per heavy atom. The van der Waals surface area contributed by atoms with Crippen molar-refractivity contribution in [3.8, 4) is 11.5 Å². The van der Waals surface area contributed by atoms with Gasteiger partial charge >= 0.3 is 6.03 Å². The number of ether oxygens (including phenoxy) is 2. The Bertz CT molecular complexity index is 1000. The van der Waals surface area contributed by atoms with E-state index in [-0.39, 0.29) is 30.3 Å². The van der Waals surface area contributed by atoms with Crippen LogP contribution in [0, 0.1) is 0 Å². The molecule has 174 valence electrons. The molecule has 0 bridgehead atoms. The first-order valence-electron chi connectivity index (χ1n) is 11.3. The van der Waals surface area contributed by atoms with Crippen molar-refractivity contribution < 1.29 is 23.9 Å². The minimum Gasteiger partial charge on any atom is -0.497 e. The van der Waals surface area contributed by atoms with E-state index in [2.05, 4.69) is 5.32 Å². The van der Waals surface area contributed by atoms with Crippen molar-refractivity contribution in [2.75, 3.05) is 24.4 Å². The van der Waals surface area contributed by atoms with Crippen LogP contribution in [0.25, 0.3) is 0 Å². The van der Waals surface area contributed by atoms with Crippen LogP contribution in [0.2, 0.25) is 0 Å². The molecule has 0 aromatic heterocycles. The molecule has 1 atom stereocenters. The average molecular weight is 452 g/mol. The summed E-state index contributed by atoms with van der Waals surface area (Å²) in [4.78, 5) is 42.6. The Morgan fingerprint density at radius 3 is 2.06 bits per heavy atom. The number of nitrogens with zero attached hydrogens (tertiary/aromatic N) is 2. The van der Waals surface area contributed by atoms with Crippen LogP contribution < -0.4 is 19.7 Å². The Balaban J connectivity index is 1.56. The number of hydrogen-bond acceptors (Lipinski definition) is 5. The van der Waals surface area contributed by atoms with Crippen molar-refractivity contribution in [2.24, 2.45) is 0 Å². The predicted octanol–water partition coefficient (Wildman–Crippen LogP) is 4.20. The Kier molecular flexibility index (Phi) is 6.82. The third kappa shape index (κ3) is 4.79. The van der Waals surface area contributed by atoms with Crippen LogP contribution in [-0.2, 0) is 9.59 Å². The molecule has 1 aliphatic carbocycles. The molecule has 0 spiro atoms. The van der Waals surface area contributed by atoms with Crippen LogP contribution in [0.3, 0.4) is 0 Å². The second-order valence-electron chi connectivity index (χ2n) is 8.35. The zero-order valence-electron chi connectivity index (χ0n) is 19.0. The summed E-state index contributed by atoms with van der Waals surface area (Å²) in [7, 11) is 3.13. The van der Waals surface area contributed by atoms with Gasteiger partial charge in [0.15, 0.2) is 0 Å². The van der Waals surface area contributed by atoms with Gasteiger partial charge in [-0.05, 0) is 61.4 Å². The molecule has 4 rings (SSSR count). The molecular formula is C25H29N3O5. The number of benzene rings is 2. The second-order valence-corrected chi connectivity index (χ2v) is 8.35. The fourth-order valence-corrected chi connectivity index (χ4v) is 4.60. The molecule has 1 saturated heterocycles. The molecule has 0 unspecified atom stereocenters. The van der Waals surface area contributed by atoms with E-state index in [9.17, 15) is 14.4 Å².